The maximum atomic E-state index is 13.6. The molecule has 1 aliphatic rings. The second-order valence-electron chi connectivity index (χ2n) is 8.49. The average Bonchev–Trinajstić information content (AvgIpc) is 3.35. The van der Waals surface area contributed by atoms with E-state index in [4.69, 9.17) is 14.0 Å². The van der Waals surface area contributed by atoms with E-state index in [1.54, 1.807) is 36.4 Å². The summed E-state index contributed by atoms with van der Waals surface area (Å²) in [5.41, 5.74) is 1.52. The Morgan fingerprint density at radius 2 is 1.79 bits per heavy atom. The lowest BCUT2D eigenvalue weighted by Gasteiger charge is -2.28. The number of rotatable bonds is 12. The summed E-state index contributed by atoms with van der Waals surface area (Å²) in [6.45, 7) is 2.93. The third-order valence-electron chi connectivity index (χ3n) is 5.65. The van der Waals surface area contributed by atoms with Crippen LogP contribution in [0, 0.1) is 0 Å². The van der Waals surface area contributed by atoms with Crippen molar-refractivity contribution in [3.63, 3.8) is 0 Å². The Morgan fingerprint density at radius 3 is 2.45 bits per heavy atom. The van der Waals surface area contributed by atoms with Gasteiger partial charge in [-0.2, -0.15) is 0 Å². The lowest BCUT2D eigenvalue weighted by molar-refractivity contribution is -0.137. The van der Waals surface area contributed by atoms with E-state index < -0.39 is 24.4 Å². The van der Waals surface area contributed by atoms with Crippen LogP contribution in [0.5, 0.6) is 5.75 Å². The number of carbonyl (C=O) groups is 2. The van der Waals surface area contributed by atoms with Crippen LogP contribution >= 0.6 is 0 Å². The average molecular weight is 456 g/mol. The molecular formula is C27H36N2O4. The van der Waals surface area contributed by atoms with Gasteiger partial charge in [0.15, 0.2) is 0 Å². The first kappa shape index (κ1) is 20.6. The van der Waals surface area contributed by atoms with E-state index >= 15 is 0 Å². The molecule has 1 aliphatic heterocycles. The largest absolute Gasteiger partial charge is 0.493 e. The quantitative estimate of drug-likeness (QED) is 0.436. The van der Waals surface area contributed by atoms with Crippen LogP contribution in [0.1, 0.15) is 72.4 Å². The first-order chi connectivity index (χ1) is 17.0. The highest BCUT2D eigenvalue weighted by atomic mass is 16.5. The molecule has 0 atom stereocenters. The van der Waals surface area contributed by atoms with Crippen molar-refractivity contribution >= 4 is 17.6 Å². The SMILES string of the molecule is [2H]C(C)(C)N(C(=O)c1ccc(N2CCCC2)cc1)C([2H])([2H])c1ccccc1OCCCCCC(=O)O. The molecule has 6 nitrogen and oxygen atoms in total. The number of anilines is 1. The van der Waals surface area contributed by atoms with Gasteiger partial charge in [0.25, 0.3) is 5.91 Å². The molecule has 2 aromatic carbocycles. The Morgan fingerprint density at radius 1 is 1.09 bits per heavy atom. The summed E-state index contributed by atoms with van der Waals surface area (Å²) >= 11 is 0. The van der Waals surface area contributed by atoms with Crippen molar-refractivity contribution in [3.8, 4) is 5.75 Å². The van der Waals surface area contributed by atoms with Crippen LogP contribution in [0.25, 0.3) is 0 Å². The summed E-state index contributed by atoms with van der Waals surface area (Å²) in [5.74, 6) is -1.11. The summed E-state index contributed by atoms with van der Waals surface area (Å²) in [4.78, 5) is 27.5. The molecular weight excluding hydrogens is 416 g/mol. The minimum absolute atomic E-state index is 0.105. The van der Waals surface area contributed by atoms with Crippen molar-refractivity contribution in [2.24, 2.45) is 0 Å². The number of nitrogens with zero attached hydrogens (tertiary/aromatic N) is 2. The first-order valence-corrected chi connectivity index (χ1v) is 11.7. The standard InChI is InChI=1S/C27H36N2O4/c1-21(2)29(27(32)22-13-15-24(16-14-22)28-17-7-8-18-28)20-23-10-5-6-11-25(23)33-19-9-3-4-12-26(30)31/h5-6,10-11,13-16,21H,3-4,7-9,12,17-20H2,1-2H3,(H,30,31)/i20D2,21D. The summed E-state index contributed by atoms with van der Waals surface area (Å²) < 4.78 is 32.4. The minimum atomic E-state index is -2.32. The predicted molar refractivity (Wildman–Crippen MR) is 131 cm³/mol. The number of hydrogen-bond donors (Lipinski definition) is 1. The Bertz CT molecular complexity index is 1030. The van der Waals surface area contributed by atoms with Gasteiger partial charge in [-0.3, -0.25) is 9.59 Å². The lowest BCUT2D eigenvalue weighted by Crippen LogP contribution is -2.36. The van der Waals surface area contributed by atoms with Gasteiger partial charge in [0, 0.05) is 48.8 Å². The fourth-order valence-corrected chi connectivity index (χ4v) is 3.83. The molecule has 0 aromatic heterocycles. The molecule has 0 aliphatic carbocycles. The summed E-state index contributed by atoms with van der Waals surface area (Å²) in [5, 5.41) is 8.76. The monoisotopic (exact) mass is 455 g/mol. The molecule has 0 unspecified atom stereocenters. The summed E-state index contributed by atoms with van der Waals surface area (Å²) in [6, 6.07) is 12.2. The fourth-order valence-electron chi connectivity index (χ4n) is 3.83. The molecule has 1 heterocycles. The van der Waals surface area contributed by atoms with Gasteiger partial charge in [-0.05, 0) is 76.3 Å². The maximum Gasteiger partial charge on any atom is 0.303 e. The van der Waals surface area contributed by atoms with Crippen LogP contribution in [-0.4, -0.2) is 47.6 Å². The third kappa shape index (κ3) is 7.24. The van der Waals surface area contributed by atoms with Crippen molar-refractivity contribution in [3.05, 3.63) is 59.7 Å². The molecule has 178 valence electrons. The van der Waals surface area contributed by atoms with E-state index in [0.717, 1.165) is 36.5 Å². The number of aliphatic carboxylic acids is 1. The smallest absolute Gasteiger partial charge is 0.303 e. The van der Waals surface area contributed by atoms with E-state index in [-0.39, 0.29) is 12.0 Å². The van der Waals surface area contributed by atoms with E-state index in [1.165, 1.54) is 13.8 Å². The van der Waals surface area contributed by atoms with E-state index in [9.17, 15) is 9.59 Å². The lowest BCUT2D eigenvalue weighted by atomic mass is 10.1. The molecule has 1 fully saturated rings. The maximum absolute atomic E-state index is 13.6. The van der Waals surface area contributed by atoms with Crippen molar-refractivity contribution < 1.29 is 23.5 Å². The Kier molecular flexibility index (Phi) is 7.66. The predicted octanol–water partition coefficient (Wildman–Crippen LogP) is 5.36. The fraction of sp³-hybridized carbons (Fsp3) is 0.481. The van der Waals surface area contributed by atoms with Gasteiger partial charge in [-0.1, -0.05) is 18.2 Å². The molecule has 0 saturated carbocycles. The molecule has 1 amide bonds. The van der Waals surface area contributed by atoms with Crippen LogP contribution in [0.15, 0.2) is 48.5 Å². The van der Waals surface area contributed by atoms with Crippen LogP contribution in [-0.2, 0) is 11.3 Å². The molecule has 33 heavy (non-hydrogen) atoms. The minimum Gasteiger partial charge on any atom is -0.493 e. The second-order valence-corrected chi connectivity index (χ2v) is 8.49. The molecule has 0 bridgehead atoms. The number of benzene rings is 2. The van der Waals surface area contributed by atoms with Crippen molar-refractivity contribution in [1.82, 2.24) is 4.90 Å². The Hall–Kier alpha value is -3.02. The van der Waals surface area contributed by atoms with Crippen molar-refractivity contribution in [2.75, 3.05) is 24.6 Å². The van der Waals surface area contributed by atoms with Crippen LogP contribution in [0.2, 0.25) is 0 Å². The number of unbranched alkanes of at least 4 members (excludes halogenated alkanes) is 2. The number of hydrogen-bond acceptors (Lipinski definition) is 4. The molecule has 0 spiro atoms. The molecule has 1 saturated heterocycles. The molecule has 2 aromatic rings. The number of ether oxygens (including phenoxy) is 1. The molecule has 6 heteroatoms. The second kappa shape index (κ2) is 12.3. The van der Waals surface area contributed by atoms with Gasteiger partial charge in [-0.15, -0.1) is 0 Å². The van der Waals surface area contributed by atoms with Gasteiger partial charge < -0.3 is 19.6 Å². The summed E-state index contributed by atoms with van der Waals surface area (Å²) in [6.07, 6.45) is 4.25. The molecule has 0 radical (unpaired) electrons. The van der Waals surface area contributed by atoms with E-state index in [1.807, 2.05) is 12.1 Å². The number of amides is 1. The highest BCUT2D eigenvalue weighted by Crippen LogP contribution is 2.24. The topological polar surface area (TPSA) is 70.1 Å². The van der Waals surface area contributed by atoms with Crippen LogP contribution < -0.4 is 9.64 Å². The number of carboxylic acids is 1. The Balaban J connectivity index is 1.80. The van der Waals surface area contributed by atoms with Gasteiger partial charge in [0.2, 0.25) is 0 Å². The number of para-hydroxylation sites is 1. The zero-order valence-electron chi connectivity index (χ0n) is 22.5. The Labute approximate surface area is 201 Å². The normalized spacial score (nSPS) is 15.5. The van der Waals surface area contributed by atoms with Crippen LogP contribution in [0.4, 0.5) is 5.69 Å². The summed E-state index contributed by atoms with van der Waals surface area (Å²) in [7, 11) is 0. The molecule has 3 rings (SSSR count). The molecule has 1 N–H and O–H groups in total. The zero-order chi connectivity index (χ0) is 26.3. The first-order valence-electron chi connectivity index (χ1n) is 13.2. The van der Waals surface area contributed by atoms with E-state index in [2.05, 4.69) is 4.90 Å². The van der Waals surface area contributed by atoms with Gasteiger partial charge in [-0.25, -0.2) is 0 Å². The third-order valence-corrected chi connectivity index (χ3v) is 5.65. The zero-order valence-corrected chi connectivity index (χ0v) is 19.5. The highest BCUT2D eigenvalue weighted by molar-refractivity contribution is 5.94. The van der Waals surface area contributed by atoms with Gasteiger partial charge in [0.05, 0.1) is 10.7 Å². The van der Waals surface area contributed by atoms with Gasteiger partial charge >= 0.3 is 5.97 Å². The highest BCUT2D eigenvalue weighted by Gasteiger charge is 2.21. The van der Waals surface area contributed by atoms with Crippen molar-refractivity contribution in [1.29, 1.82) is 0 Å². The van der Waals surface area contributed by atoms with Crippen molar-refractivity contribution in [2.45, 2.75) is 64.9 Å². The van der Waals surface area contributed by atoms with E-state index in [0.29, 0.717) is 37.2 Å². The number of carboxylic acid groups (broad SMARTS) is 1. The van der Waals surface area contributed by atoms with Crippen LogP contribution in [0.3, 0.4) is 0 Å². The van der Waals surface area contributed by atoms with Gasteiger partial charge in [0.1, 0.15) is 5.75 Å². The number of carbonyl (C=O) groups excluding carboxylic acids is 1.